The minimum absolute atomic E-state index is 0.0558. The fourth-order valence-corrected chi connectivity index (χ4v) is 2.07. The molecule has 0 saturated carbocycles. The molecule has 0 radical (unpaired) electrons. The Morgan fingerprint density at radius 3 is 2.78 bits per heavy atom. The van der Waals surface area contributed by atoms with Crippen LogP contribution in [0.25, 0.3) is 6.08 Å². The number of aromatic hydroxyl groups is 2. The lowest BCUT2D eigenvalue weighted by molar-refractivity contribution is -0.116. The summed E-state index contributed by atoms with van der Waals surface area (Å²) < 4.78 is 5.01. The molecule has 0 aromatic heterocycles. The topological polar surface area (TPSA) is 78.8 Å². The molecular weight excluding hydrogens is 294 g/mol. The van der Waals surface area contributed by atoms with E-state index in [0.717, 1.165) is 11.1 Å². The Labute approximate surface area is 134 Å². The maximum absolute atomic E-state index is 11.8. The second-order valence-corrected chi connectivity index (χ2v) is 4.98. The molecule has 5 nitrogen and oxygen atoms in total. The summed E-state index contributed by atoms with van der Waals surface area (Å²) in [5, 5.41) is 21.7. The second kappa shape index (κ2) is 7.89. The highest BCUT2D eigenvalue weighted by Crippen LogP contribution is 2.26. The number of nitrogens with one attached hydrogen (secondary N) is 1. The molecule has 5 heteroatoms. The van der Waals surface area contributed by atoms with E-state index in [4.69, 9.17) is 4.74 Å². The van der Waals surface area contributed by atoms with E-state index >= 15 is 0 Å². The normalized spacial score (nSPS) is 10.7. The third-order valence-electron chi connectivity index (χ3n) is 3.25. The molecule has 0 atom stereocenters. The number of carbonyl (C=O) groups excluding carboxylic acids is 1. The number of phenolic OH excluding ortho intramolecular Hbond substituents is 2. The average Bonchev–Trinajstić information content (AvgIpc) is 2.54. The van der Waals surface area contributed by atoms with Crippen molar-refractivity contribution in [3.05, 3.63) is 59.7 Å². The van der Waals surface area contributed by atoms with Crippen molar-refractivity contribution in [1.82, 2.24) is 5.32 Å². The van der Waals surface area contributed by atoms with E-state index in [1.54, 1.807) is 36.4 Å². The Kier molecular flexibility index (Phi) is 5.63. The van der Waals surface area contributed by atoms with Crippen LogP contribution in [-0.2, 0) is 11.2 Å². The SMILES string of the molecule is COc1cc(/C=C/C(=O)NCCc2cccc(O)c2)ccc1O. The highest BCUT2D eigenvalue weighted by molar-refractivity contribution is 5.91. The molecule has 0 bridgehead atoms. The molecule has 0 fully saturated rings. The van der Waals surface area contributed by atoms with Crippen LogP contribution in [0.3, 0.4) is 0 Å². The van der Waals surface area contributed by atoms with Gasteiger partial charge in [-0.25, -0.2) is 0 Å². The number of hydrogen-bond acceptors (Lipinski definition) is 4. The third kappa shape index (κ3) is 5.07. The molecule has 0 aliphatic heterocycles. The van der Waals surface area contributed by atoms with Gasteiger partial charge in [-0.1, -0.05) is 18.2 Å². The van der Waals surface area contributed by atoms with Crippen molar-refractivity contribution in [1.29, 1.82) is 0 Å². The van der Waals surface area contributed by atoms with Gasteiger partial charge < -0.3 is 20.3 Å². The van der Waals surface area contributed by atoms with Crippen molar-refractivity contribution in [3.63, 3.8) is 0 Å². The number of hydrogen-bond donors (Lipinski definition) is 3. The molecule has 0 saturated heterocycles. The maximum Gasteiger partial charge on any atom is 0.244 e. The van der Waals surface area contributed by atoms with E-state index in [0.29, 0.717) is 18.7 Å². The van der Waals surface area contributed by atoms with Crippen molar-refractivity contribution in [3.8, 4) is 17.2 Å². The quantitative estimate of drug-likeness (QED) is 0.716. The predicted octanol–water partition coefficient (Wildman–Crippen LogP) is 2.48. The molecule has 0 unspecified atom stereocenters. The van der Waals surface area contributed by atoms with Gasteiger partial charge in [-0.3, -0.25) is 4.79 Å². The molecule has 2 aromatic rings. The lowest BCUT2D eigenvalue weighted by Crippen LogP contribution is -2.23. The molecule has 0 heterocycles. The van der Waals surface area contributed by atoms with Crippen LogP contribution in [0.2, 0.25) is 0 Å². The lowest BCUT2D eigenvalue weighted by Gasteiger charge is -2.04. The fourth-order valence-electron chi connectivity index (χ4n) is 2.07. The van der Waals surface area contributed by atoms with Crippen LogP contribution in [0.15, 0.2) is 48.5 Å². The summed E-state index contributed by atoms with van der Waals surface area (Å²) in [7, 11) is 1.47. The Hall–Kier alpha value is -2.95. The van der Waals surface area contributed by atoms with E-state index in [9.17, 15) is 15.0 Å². The molecule has 0 aliphatic rings. The average molecular weight is 313 g/mol. The van der Waals surface area contributed by atoms with Gasteiger partial charge in [0.1, 0.15) is 5.75 Å². The first-order chi connectivity index (χ1) is 11.1. The zero-order valence-corrected chi connectivity index (χ0v) is 12.8. The van der Waals surface area contributed by atoms with Crippen LogP contribution in [0, 0.1) is 0 Å². The third-order valence-corrected chi connectivity index (χ3v) is 3.25. The maximum atomic E-state index is 11.8. The van der Waals surface area contributed by atoms with E-state index in [2.05, 4.69) is 5.32 Å². The Bertz CT molecular complexity index is 710. The fraction of sp³-hybridized carbons (Fsp3) is 0.167. The summed E-state index contributed by atoms with van der Waals surface area (Å²) in [6.07, 6.45) is 3.71. The highest BCUT2D eigenvalue weighted by Gasteiger charge is 2.01. The van der Waals surface area contributed by atoms with Gasteiger partial charge in [0.05, 0.1) is 7.11 Å². The van der Waals surface area contributed by atoms with Crippen molar-refractivity contribution in [2.24, 2.45) is 0 Å². The number of methoxy groups -OCH3 is 1. The van der Waals surface area contributed by atoms with Gasteiger partial charge in [0, 0.05) is 12.6 Å². The molecule has 120 valence electrons. The number of ether oxygens (including phenoxy) is 1. The summed E-state index contributed by atoms with van der Waals surface area (Å²) in [5.41, 5.74) is 1.71. The van der Waals surface area contributed by atoms with Gasteiger partial charge in [0.2, 0.25) is 5.91 Å². The monoisotopic (exact) mass is 313 g/mol. The standard InChI is InChI=1S/C18H19NO4/c1-23-17-12-14(5-7-16(17)21)6-8-18(22)19-10-9-13-3-2-4-15(20)11-13/h2-8,11-12,20-21H,9-10H2,1H3,(H,19,22)/b8-6+. The molecule has 23 heavy (non-hydrogen) atoms. The minimum Gasteiger partial charge on any atom is -0.508 e. The van der Waals surface area contributed by atoms with E-state index in [-0.39, 0.29) is 17.4 Å². The highest BCUT2D eigenvalue weighted by atomic mass is 16.5. The number of carbonyl (C=O) groups is 1. The van der Waals surface area contributed by atoms with Gasteiger partial charge in [-0.2, -0.15) is 0 Å². The van der Waals surface area contributed by atoms with Gasteiger partial charge in [-0.15, -0.1) is 0 Å². The van der Waals surface area contributed by atoms with Gasteiger partial charge in [0.25, 0.3) is 0 Å². The van der Waals surface area contributed by atoms with Crippen LogP contribution in [-0.4, -0.2) is 29.8 Å². The zero-order chi connectivity index (χ0) is 16.7. The predicted molar refractivity (Wildman–Crippen MR) is 88.5 cm³/mol. The molecule has 2 aromatic carbocycles. The van der Waals surface area contributed by atoms with Gasteiger partial charge in [-0.05, 0) is 47.9 Å². The number of amides is 1. The van der Waals surface area contributed by atoms with Crippen LogP contribution in [0.4, 0.5) is 0 Å². The van der Waals surface area contributed by atoms with Crippen molar-refractivity contribution in [2.75, 3.05) is 13.7 Å². The zero-order valence-electron chi connectivity index (χ0n) is 12.8. The Morgan fingerprint density at radius 1 is 1.22 bits per heavy atom. The van der Waals surface area contributed by atoms with E-state index in [1.165, 1.54) is 19.3 Å². The minimum atomic E-state index is -0.211. The molecule has 0 spiro atoms. The molecule has 0 aliphatic carbocycles. The first kappa shape index (κ1) is 16.4. The van der Waals surface area contributed by atoms with E-state index < -0.39 is 0 Å². The summed E-state index contributed by atoms with van der Waals surface area (Å²) in [6.45, 7) is 0.478. The summed E-state index contributed by atoms with van der Waals surface area (Å²) >= 11 is 0. The van der Waals surface area contributed by atoms with Crippen molar-refractivity contribution >= 4 is 12.0 Å². The summed E-state index contributed by atoms with van der Waals surface area (Å²) in [5.74, 6) is 0.420. The van der Waals surface area contributed by atoms with Crippen LogP contribution in [0.1, 0.15) is 11.1 Å². The second-order valence-electron chi connectivity index (χ2n) is 4.98. The molecule has 1 amide bonds. The van der Waals surface area contributed by atoms with E-state index in [1.807, 2.05) is 6.07 Å². The summed E-state index contributed by atoms with van der Waals surface area (Å²) in [6, 6.07) is 11.8. The smallest absolute Gasteiger partial charge is 0.244 e. The Balaban J connectivity index is 1.84. The molecule has 2 rings (SSSR count). The van der Waals surface area contributed by atoms with Crippen molar-refractivity contribution < 1.29 is 19.7 Å². The lowest BCUT2D eigenvalue weighted by atomic mass is 10.1. The number of benzene rings is 2. The first-order valence-corrected chi connectivity index (χ1v) is 7.19. The first-order valence-electron chi connectivity index (χ1n) is 7.19. The van der Waals surface area contributed by atoms with Gasteiger partial charge in [0.15, 0.2) is 11.5 Å². The van der Waals surface area contributed by atoms with Crippen LogP contribution >= 0.6 is 0 Å². The number of phenols is 2. The summed E-state index contributed by atoms with van der Waals surface area (Å²) in [4.78, 5) is 11.8. The van der Waals surface area contributed by atoms with Crippen LogP contribution < -0.4 is 10.1 Å². The van der Waals surface area contributed by atoms with Gasteiger partial charge >= 0.3 is 0 Å². The molecular formula is C18H19NO4. The largest absolute Gasteiger partial charge is 0.508 e. The van der Waals surface area contributed by atoms with Crippen LogP contribution in [0.5, 0.6) is 17.2 Å². The number of rotatable bonds is 6. The molecule has 3 N–H and O–H groups in total. The van der Waals surface area contributed by atoms with Crippen molar-refractivity contribution in [2.45, 2.75) is 6.42 Å². The Morgan fingerprint density at radius 2 is 2.04 bits per heavy atom.